The third-order valence-electron chi connectivity index (χ3n) is 7.23. The zero-order chi connectivity index (χ0) is 32.7. The van der Waals surface area contributed by atoms with Crippen molar-refractivity contribution in [1.82, 2.24) is 9.62 Å². The number of ether oxygens (including phenoxy) is 1. The molecule has 1 aliphatic carbocycles. The van der Waals surface area contributed by atoms with Crippen molar-refractivity contribution in [3.8, 4) is 5.75 Å². The fraction of sp³-hybridized carbons (Fsp3) is 0.500. The van der Waals surface area contributed by atoms with Gasteiger partial charge in [0.25, 0.3) is 5.92 Å². The molecule has 2 atom stereocenters. The van der Waals surface area contributed by atoms with Gasteiger partial charge in [-0.05, 0) is 61.6 Å². The summed E-state index contributed by atoms with van der Waals surface area (Å²) in [5, 5.41) is 7.36. The molecule has 1 saturated heterocycles. The number of nitrogens with zero attached hydrogens (tertiary/aromatic N) is 1. The van der Waals surface area contributed by atoms with Crippen molar-refractivity contribution in [2.75, 3.05) is 19.7 Å². The van der Waals surface area contributed by atoms with Gasteiger partial charge in [0, 0.05) is 29.7 Å². The summed E-state index contributed by atoms with van der Waals surface area (Å²) in [7, 11) is -4.49. The number of sulfonamides is 1. The van der Waals surface area contributed by atoms with Gasteiger partial charge in [-0.15, -0.1) is 0 Å². The Morgan fingerprint density at radius 2 is 1.57 bits per heavy atom. The first-order chi connectivity index (χ1) is 20.5. The quantitative estimate of drug-likeness (QED) is 0.322. The molecule has 4 N–H and O–H groups in total. The van der Waals surface area contributed by atoms with Gasteiger partial charge in [-0.3, -0.25) is 4.79 Å². The molecular weight excluding hydrogens is 637 g/mol. The number of aliphatic carboxylic acids is 1. The molecule has 0 aromatic heterocycles. The van der Waals surface area contributed by atoms with E-state index in [0.717, 1.165) is 25.0 Å². The number of carboxylic acid groups (broad SMARTS) is 1. The van der Waals surface area contributed by atoms with Crippen molar-refractivity contribution in [2.45, 2.75) is 67.6 Å². The van der Waals surface area contributed by atoms with Crippen molar-refractivity contribution in [3.63, 3.8) is 0 Å². The van der Waals surface area contributed by atoms with E-state index in [0.29, 0.717) is 24.7 Å². The molecule has 2 aliphatic rings. The number of amides is 1. The van der Waals surface area contributed by atoms with E-state index in [1.54, 1.807) is 0 Å². The molecule has 1 heterocycles. The van der Waals surface area contributed by atoms with Gasteiger partial charge < -0.3 is 20.5 Å². The van der Waals surface area contributed by atoms with Crippen LogP contribution in [0.5, 0.6) is 5.75 Å². The lowest BCUT2D eigenvalue weighted by atomic mass is 9.90. The molecule has 2 aromatic carbocycles. The van der Waals surface area contributed by atoms with Gasteiger partial charge in [0.1, 0.15) is 5.75 Å². The van der Waals surface area contributed by atoms with E-state index < -0.39 is 45.6 Å². The number of hydrogen-bond donors (Lipinski definition) is 3. The van der Waals surface area contributed by atoms with Crippen LogP contribution in [0.4, 0.5) is 22.0 Å². The molecule has 9 nitrogen and oxygen atoms in total. The second-order valence-electron chi connectivity index (χ2n) is 10.6. The van der Waals surface area contributed by atoms with Gasteiger partial charge in [-0.2, -0.15) is 26.7 Å². The van der Waals surface area contributed by atoms with E-state index in [-0.39, 0.29) is 29.0 Å². The highest BCUT2D eigenvalue weighted by Crippen LogP contribution is 2.35. The molecule has 0 spiro atoms. The molecule has 0 unspecified atom stereocenters. The van der Waals surface area contributed by atoms with Crippen LogP contribution in [-0.4, -0.2) is 68.3 Å². The van der Waals surface area contributed by atoms with Crippen molar-refractivity contribution >= 4 is 33.5 Å². The highest BCUT2D eigenvalue weighted by Gasteiger charge is 2.50. The average Bonchev–Trinajstić information content (AvgIpc) is 3.41. The number of likely N-dealkylation sites (tertiary alicyclic amines) is 1. The van der Waals surface area contributed by atoms with E-state index in [1.807, 2.05) is 4.72 Å². The minimum atomic E-state index is -5.08. The van der Waals surface area contributed by atoms with E-state index in [9.17, 15) is 26.4 Å². The number of nitrogens with one attached hydrogen (secondary N) is 1. The maximum Gasteiger partial charge on any atom is 0.490 e. The predicted molar refractivity (Wildman–Crippen MR) is 151 cm³/mol. The average molecular weight is 670 g/mol. The Morgan fingerprint density at radius 1 is 1.00 bits per heavy atom. The van der Waals surface area contributed by atoms with E-state index in [2.05, 4.69) is 0 Å². The molecule has 44 heavy (non-hydrogen) atoms. The van der Waals surface area contributed by atoms with Crippen LogP contribution in [0.25, 0.3) is 0 Å². The lowest BCUT2D eigenvalue weighted by Crippen LogP contribution is -2.56. The Balaban J connectivity index is 0.000000676. The number of alkyl halides is 5. The maximum atomic E-state index is 15.7. The zero-order valence-electron chi connectivity index (χ0n) is 23.4. The summed E-state index contributed by atoms with van der Waals surface area (Å²) in [6.45, 7) is 0.787. The first-order valence-corrected chi connectivity index (χ1v) is 15.6. The summed E-state index contributed by atoms with van der Waals surface area (Å²) < 4.78 is 97.2. The zero-order valence-corrected chi connectivity index (χ0v) is 25.0. The van der Waals surface area contributed by atoms with Gasteiger partial charge in [0.2, 0.25) is 15.9 Å². The number of carbonyl (C=O) groups excluding carboxylic acids is 1. The van der Waals surface area contributed by atoms with Crippen LogP contribution >= 0.6 is 11.6 Å². The van der Waals surface area contributed by atoms with Crippen molar-refractivity contribution in [2.24, 2.45) is 11.7 Å². The predicted octanol–water partition coefficient (Wildman–Crippen LogP) is 4.93. The summed E-state index contributed by atoms with van der Waals surface area (Å²) in [6, 6.07) is 7.50. The van der Waals surface area contributed by atoms with Crippen LogP contribution in [0.2, 0.25) is 5.02 Å². The smallest absolute Gasteiger partial charge is 0.490 e. The number of nitrogens with two attached hydrogens (primary N) is 1. The van der Waals surface area contributed by atoms with Gasteiger partial charge in [0.05, 0.1) is 11.5 Å². The molecule has 2 fully saturated rings. The molecule has 2 aromatic rings. The summed E-state index contributed by atoms with van der Waals surface area (Å²) in [5.41, 5.74) is 5.32. The molecule has 244 valence electrons. The molecule has 1 aliphatic heterocycles. The van der Waals surface area contributed by atoms with E-state index >= 15 is 8.78 Å². The first-order valence-electron chi connectivity index (χ1n) is 13.7. The Hall–Kier alpha value is -3.01. The molecule has 4 rings (SSSR count). The van der Waals surface area contributed by atoms with Gasteiger partial charge in [0.15, 0.2) is 6.04 Å². The van der Waals surface area contributed by atoms with Gasteiger partial charge in [-0.1, -0.05) is 43.0 Å². The van der Waals surface area contributed by atoms with Gasteiger partial charge in [-0.25, -0.2) is 13.2 Å². The Labute approximate surface area is 256 Å². The lowest BCUT2D eigenvalue weighted by molar-refractivity contribution is -0.192. The second kappa shape index (κ2) is 14.8. The number of halogens is 6. The monoisotopic (exact) mass is 669 g/mol. The second-order valence-corrected chi connectivity index (χ2v) is 12.8. The number of rotatable bonds is 9. The van der Waals surface area contributed by atoms with E-state index in [1.165, 1.54) is 60.6 Å². The number of carbonyl (C=O) groups is 2. The van der Waals surface area contributed by atoms with Crippen LogP contribution in [0.1, 0.15) is 44.1 Å². The molecule has 0 bridgehead atoms. The van der Waals surface area contributed by atoms with Crippen molar-refractivity contribution < 1.29 is 49.8 Å². The third-order valence-corrected chi connectivity index (χ3v) is 8.93. The summed E-state index contributed by atoms with van der Waals surface area (Å²) >= 11 is 5.83. The molecule has 1 saturated carbocycles. The molecule has 0 radical (unpaired) electrons. The Kier molecular flexibility index (Phi) is 12.0. The first kappa shape index (κ1) is 35.5. The number of benzene rings is 2. The van der Waals surface area contributed by atoms with Crippen molar-refractivity contribution in [1.29, 1.82) is 0 Å². The minimum absolute atomic E-state index is 0.0702. The van der Waals surface area contributed by atoms with Crippen LogP contribution < -0.4 is 15.2 Å². The summed E-state index contributed by atoms with van der Waals surface area (Å²) in [6.07, 6.45) is 1.17. The summed E-state index contributed by atoms with van der Waals surface area (Å²) in [5.74, 6) is -6.68. The Bertz CT molecular complexity index is 1370. The highest BCUT2D eigenvalue weighted by molar-refractivity contribution is 7.89. The van der Waals surface area contributed by atoms with E-state index in [4.69, 9.17) is 32.0 Å². The summed E-state index contributed by atoms with van der Waals surface area (Å²) in [4.78, 5) is 23.0. The Morgan fingerprint density at radius 3 is 2.07 bits per heavy atom. The van der Waals surface area contributed by atoms with Crippen LogP contribution in [0.3, 0.4) is 0 Å². The number of carboxylic acids is 1. The molecule has 1 amide bonds. The lowest BCUT2D eigenvalue weighted by Gasteiger charge is -2.30. The standard InChI is InChI=1S/C26H32ClF2N3O4S.C2HF3O2/c27-20-8-6-19(7-9-20)26(28,29)24(25(33)32-15-14-21(30)16-32)31-37(34,35)23-12-10-22(11-13-23)36-17-18-4-2-1-3-5-18;3-2(4,5)1(6)7/h6-13,18,21,24,31H,1-5,14-17,30H2;(H,6,7)/t21-,24+;/m1./s1. The van der Waals surface area contributed by atoms with Crippen LogP contribution in [0.15, 0.2) is 53.4 Å². The molecular formula is C28H33ClF5N3O6S. The van der Waals surface area contributed by atoms with Gasteiger partial charge >= 0.3 is 12.1 Å². The maximum absolute atomic E-state index is 15.7. The third kappa shape index (κ3) is 9.74. The minimum Gasteiger partial charge on any atom is -0.493 e. The fourth-order valence-electron chi connectivity index (χ4n) is 4.79. The SMILES string of the molecule is N[C@@H]1CCN(C(=O)[C@H](NS(=O)(=O)c2ccc(OCC3CCCCC3)cc2)C(F)(F)c2ccc(Cl)cc2)C1.O=C(O)C(F)(F)F. The highest BCUT2D eigenvalue weighted by atomic mass is 35.5. The van der Waals surface area contributed by atoms with Crippen LogP contribution in [-0.2, 0) is 25.5 Å². The molecule has 16 heteroatoms. The topological polar surface area (TPSA) is 139 Å². The van der Waals surface area contributed by atoms with Crippen molar-refractivity contribution in [3.05, 3.63) is 59.1 Å². The normalized spacial score (nSPS) is 18.7. The fourth-order valence-corrected chi connectivity index (χ4v) is 6.11. The number of hydrogen-bond acceptors (Lipinski definition) is 6. The van der Waals surface area contributed by atoms with Crippen LogP contribution in [0, 0.1) is 5.92 Å². The largest absolute Gasteiger partial charge is 0.493 e.